The van der Waals surface area contributed by atoms with Gasteiger partial charge in [0.2, 0.25) is 6.33 Å². The summed E-state index contributed by atoms with van der Waals surface area (Å²) in [5, 5.41) is 10.2. The molecule has 0 aliphatic heterocycles. The summed E-state index contributed by atoms with van der Waals surface area (Å²) in [6.45, 7) is 0.444. The molecule has 2 heterocycles. The Morgan fingerprint density at radius 2 is 2.47 bits per heavy atom. The van der Waals surface area contributed by atoms with Crippen LogP contribution in [0.4, 0.5) is 0 Å². The first-order valence-corrected chi connectivity index (χ1v) is 5.61. The fraction of sp³-hybridized carbons (Fsp3) is 0.455. The molecule has 0 bridgehead atoms. The molecule has 2 rings (SSSR count). The Morgan fingerprint density at radius 3 is 3.12 bits per heavy atom. The number of carbonyl (C=O) groups excluding carboxylic acids is 1. The largest absolute Gasteiger partial charge is 0.295 e. The van der Waals surface area contributed by atoms with E-state index in [1.165, 1.54) is 0 Å². The lowest BCUT2D eigenvalue weighted by molar-refractivity contribution is -0.671. The van der Waals surface area contributed by atoms with Crippen molar-refractivity contribution in [3.8, 4) is 0 Å². The molecule has 0 fully saturated rings. The van der Waals surface area contributed by atoms with E-state index in [0.29, 0.717) is 13.0 Å². The molecular weight excluding hydrogens is 218 g/mol. The second-order valence-corrected chi connectivity index (χ2v) is 4.10. The van der Waals surface area contributed by atoms with Crippen LogP contribution in [0.5, 0.6) is 0 Å². The number of ketones is 1. The Labute approximate surface area is 99.3 Å². The molecule has 0 radical (unpaired) electrons. The minimum atomic E-state index is 0.240. The molecule has 0 saturated heterocycles. The van der Waals surface area contributed by atoms with Gasteiger partial charge in [0.25, 0.3) is 0 Å². The zero-order valence-corrected chi connectivity index (χ0v) is 9.83. The van der Waals surface area contributed by atoms with Crippen molar-refractivity contribution in [2.75, 3.05) is 0 Å². The number of rotatable bonds is 6. The zero-order valence-electron chi connectivity index (χ0n) is 9.83. The Hall–Kier alpha value is -1.98. The lowest BCUT2D eigenvalue weighted by Gasteiger charge is -1.97. The SMILES string of the molecule is C[n+]1ccn(CC(=O)CCCc2cn[nH]n2)c1. The summed E-state index contributed by atoms with van der Waals surface area (Å²) in [7, 11) is 1.94. The van der Waals surface area contributed by atoms with Crippen molar-refractivity contribution in [3.63, 3.8) is 0 Å². The van der Waals surface area contributed by atoms with E-state index in [1.54, 1.807) is 6.20 Å². The highest BCUT2D eigenvalue weighted by molar-refractivity contribution is 5.78. The number of aromatic amines is 1. The van der Waals surface area contributed by atoms with Gasteiger partial charge >= 0.3 is 0 Å². The number of aryl methyl sites for hydroxylation is 2. The summed E-state index contributed by atoms with van der Waals surface area (Å²) in [6, 6.07) is 0. The zero-order chi connectivity index (χ0) is 12.1. The van der Waals surface area contributed by atoms with Gasteiger partial charge in [0.05, 0.1) is 18.9 Å². The van der Waals surface area contributed by atoms with Crippen LogP contribution < -0.4 is 4.57 Å². The normalized spacial score (nSPS) is 10.6. The monoisotopic (exact) mass is 234 g/mol. The summed E-state index contributed by atoms with van der Waals surface area (Å²) >= 11 is 0. The van der Waals surface area contributed by atoms with Gasteiger partial charge in [0, 0.05) is 6.42 Å². The third-order valence-electron chi connectivity index (χ3n) is 2.54. The average molecular weight is 234 g/mol. The topological polar surface area (TPSA) is 67.4 Å². The molecule has 2 aromatic heterocycles. The van der Waals surface area contributed by atoms with Gasteiger partial charge in [-0.05, 0) is 12.8 Å². The average Bonchev–Trinajstić information content (AvgIpc) is 2.90. The fourth-order valence-electron chi connectivity index (χ4n) is 1.69. The van der Waals surface area contributed by atoms with Crippen LogP contribution in [0.1, 0.15) is 18.5 Å². The van der Waals surface area contributed by atoms with Crippen LogP contribution in [-0.4, -0.2) is 25.8 Å². The van der Waals surface area contributed by atoms with Crippen molar-refractivity contribution < 1.29 is 9.36 Å². The molecule has 0 unspecified atom stereocenters. The molecule has 90 valence electrons. The van der Waals surface area contributed by atoms with Crippen LogP contribution >= 0.6 is 0 Å². The van der Waals surface area contributed by atoms with E-state index >= 15 is 0 Å². The van der Waals surface area contributed by atoms with Crippen molar-refractivity contribution in [1.29, 1.82) is 0 Å². The van der Waals surface area contributed by atoms with Gasteiger partial charge in [-0.25, -0.2) is 9.13 Å². The van der Waals surface area contributed by atoms with E-state index in [0.717, 1.165) is 18.5 Å². The van der Waals surface area contributed by atoms with E-state index in [9.17, 15) is 4.79 Å². The minimum absolute atomic E-state index is 0.240. The number of hydrogen-bond donors (Lipinski definition) is 1. The van der Waals surface area contributed by atoms with E-state index in [-0.39, 0.29) is 5.78 Å². The Morgan fingerprint density at radius 1 is 1.59 bits per heavy atom. The Kier molecular flexibility index (Phi) is 3.64. The van der Waals surface area contributed by atoms with Crippen LogP contribution in [0, 0.1) is 0 Å². The van der Waals surface area contributed by atoms with Crippen molar-refractivity contribution in [2.45, 2.75) is 25.8 Å². The highest BCUT2D eigenvalue weighted by Crippen LogP contribution is 2.01. The summed E-state index contributed by atoms with van der Waals surface area (Å²) < 4.78 is 3.81. The minimum Gasteiger partial charge on any atom is -0.295 e. The first-order chi connectivity index (χ1) is 8.24. The van der Waals surface area contributed by atoms with Crippen molar-refractivity contribution in [1.82, 2.24) is 20.0 Å². The molecule has 1 N–H and O–H groups in total. The number of carbonyl (C=O) groups is 1. The molecule has 0 aliphatic rings. The molecule has 6 nitrogen and oxygen atoms in total. The van der Waals surface area contributed by atoms with Gasteiger partial charge in [-0.2, -0.15) is 15.4 Å². The highest BCUT2D eigenvalue weighted by atomic mass is 16.1. The van der Waals surface area contributed by atoms with Crippen LogP contribution in [0.25, 0.3) is 0 Å². The lowest BCUT2D eigenvalue weighted by Crippen LogP contribution is -2.24. The third-order valence-corrected chi connectivity index (χ3v) is 2.54. The quantitative estimate of drug-likeness (QED) is 0.717. The van der Waals surface area contributed by atoms with E-state index in [1.807, 2.05) is 34.9 Å². The standard InChI is InChI=1S/C11H16N5O/c1-15-5-6-16(9-15)8-11(17)4-2-3-10-7-12-14-13-10/h5-7,9H,2-4,8H2,1H3,(H,12,13,14)/q+1. The van der Waals surface area contributed by atoms with Crippen LogP contribution in [0.2, 0.25) is 0 Å². The van der Waals surface area contributed by atoms with E-state index < -0.39 is 0 Å². The predicted molar refractivity (Wildman–Crippen MR) is 59.9 cm³/mol. The molecule has 2 aromatic rings. The smallest absolute Gasteiger partial charge is 0.243 e. The van der Waals surface area contributed by atoms with Gasteiger partial charge in [-0.15, -0.1) is 0 Å². The maximum atomic E-state index is 11.7. The van der Waals surface area contributed by atoms with Crippen molar-refractivity contribution in [2.24, 2.45) is 7.05 Å². The predicted octanol–water partition coefficient (Wildman–Crippen LogP) is 0.0227. The van der Waals surface area contributed by atoms with Crippen LogP contribution in [-0.2, 0) is 24.8 Å². The summed E-state index contributed by atoms with van der Waals surface area (Å²) in [4.78, 5) is 11.7. The summed E-state index contributed by atoms with van der Waals surface area (Å²) in [5.41, 5.74) is 0.908. The van der Waals surface area contributed by atoms with Crippen LogP contribution in [0.3, 0.4) is 0 Å². The number of nitrogens with one attached hydrogen (secondary N) is 1. The molecule has 6 heteroatoms. The summed E-state index contributed by atoms with van der Waals surface area (Å²) in [6.07, 6.45) is 9.60. The van der Waals surface area contributed by atoms with Crippen molar-refractivity contribution >= 4 is 5.78 Å². The lowest BCUT2D eigenvalue weighted by atomic mass is 10.1. The first-order valence-electron chi connectivity index (χ1n) is 5.61. The highest BCUT2D eigenvalue weighted by Gasteiger charge is 2.08. The van der Waals surface area contributed by atoms with Crippen LogP contribution in [0.15, 0.2) is 24.9 Å². The first kappa shape index (κ1) is 11.5. The van der Waals surface area contributed by atoms with Crippen molar-refractivity contribution in [3.05, 3.63) is 30.6 Å². The molecule has 0 aliphatic carbocycles. The maximum Gasteiger partial charge on any atom is 0.243 e. The summed E-state index contributed by atoms with van der Waals surface area (Å²) in [5.74, 6) is 0.240. The van der Waals surface area contributed by atoms with Gasteiger partial charge in [0.15, 0.2) is 5.78 Å². The molecular formula is C11H16N5O+. The molecule has 0 saturated carbocycles. The second-order valence-electron chi connectivity index (χ2n) is 4.10. The number of aromatic nitrogens is 5. The number of hydrogen-bond acceptors (Lipinski definition) is 3. The Bertz CT molecular complexity index is 474. The fourth-order valence-corrected chi connectivity index (χ4v) is 1.69. The number of nitrogens with zero attached hydrogens (tertiary/aromatic N) is 4. The van der Waals surface area contributed by atoms with E-state index in [2.05, 4.69) is 15.4 Å². The molecule has 0 atom stereocenters. The maximum absolute atomic E-state index is 11.7. The number of Topliss-reactive ketones (excluding diaryl/α,β-unsaturated/α-hetero) is 1. The molecule has 17 heavy (non-hydrogen) atoms. The van der Waals surface area contributed by atoms with Gasteiger partial charge in [-0.3, -0.25) is 4.79 Å². The second kappa shape index (κ2) is 5.38. The molecule has 0 amide bonds. The van der Waals surface area contributed by atoms with E-state index in [4.69, 9.17) is 0 Å². The Balaban J connectivity index is 1.71. The van der Waals surface area contributed by atoms with Gasteiger partial charge in [0.1, 0.15) is 18.9 Å². The third kappa shape index (κ3) is 3.51. The molecule has 0 spiro atoms. The van der Waals surface area contributed by atoms with Gasteiger partial charge in [-0.1, -0.05) is 0 Å². The molecule has 0 aromatic carbocycles. The van der Waals surface area contributed by atoms with Gasteiger partial charge < -0.3 is 0 Å². The number of H-pyrrole nitrogens is 1. The number of imidazole rings is 1.